The Hall–Kier alpha value is -1.28. The largest absolute Gasteiger partial charge is 0.303 e. The van der Waals surface area contributed by atoms with Gasteiger partial charge in [0.1, 0.15) is 5.82 Å². The summed E-state index contributed by atoms with van der Waals surface area (Å²) < 4.78 is 68.6. The molecule has 2 atom stereocenters. The zero-order valence-corrected chi connectivity index (χ0v) is 21.1. The van der Waals surface area contributed by atoms with Crippen LogP contribution in [-0.2, 0) is 16.4 Å². The van der Waals surface area contributed by atoms with Crippen molar-refractivity contribution in [2.45, 2.75) is 88.7 Å². The van der Waals surface area contributed by atoms with Crippen LogP contribution in [0.3, 0.4) is 0 Å². The molecule has 0 bridgehead atoms. The monoisotopic (exact) mass is 500 g/mol. The molecule has 0 amide bonds. The van der Waals surface area contributed by atoms with Gasteiger partial charge in [-0.05, 0) is 99.4 Å². The molecule has 1 N–H and O–H groups in total. The molecule has 0 spiro atoms. The minimum Gasteiger partial charge on any atom is -0.303 e. The molecule has 3 aliphatic rings. The molecule has 1 aromatic rings. The normalized spacial score (nSPS) is 26.1. The van der Waals surface area contributed by atoms with E-state index in [4.69, 9.17) is 0 Å². The predicted octanol–water partition coefficient (Wildman–Crippen LogP) is 6.23. The van der Waals surface area contributed by atoms with Crippen LogP contribution in [0.4, 0.5) is 18.9 Å². The third kappa shape index (κ3) is 6.90. The van der Waals surface area contributed by atoms with E-state index in [-0.39, 0.29) is 23.9 Å². The highest BCUT2D eigenvalue weighted by Gasteiger charge is 2.37. The highest BCUT2D eigenvalue weighted by atomic mass is 32.2. The van der Waals surface area contributed by atoms with Crippen molar-refractivity contribution < 1.29 is 21.6 Å². The summed E-state index contributed by atoms with van der Waals surface area (Å²) in [7, 11) is -3.37. The van der Waals surface area contributed by atoms with Gasteiger partial charge in [0, 0.05) is 31.6 Å². The maximum atomic E-state index is 14.7. The third-order valence-corrected chi connectivity index (χ3v) is 9.86. The number of nitrogens with one attached hydrogen (secondary N) is 1. The maximum Gasteiger partial charge on any atom is 0.248 e. The molecule has 0 unspecified atom stereocenters. The number of hydrogen-bond acceptors (Lipinski definition) is 3. The van der Waals surface area contributed by atoms with E-state index in [1.165, 1.54) is 12.1 Å². The molecule has 2 aliphatic carbocycles. The molecule has 192 valence electrons. The number of sulfonamides is 1. The first-order valence-corrected chi connectivity index (χ1v) is 14.6. The number of halogens is 3. The molecule has 1 aromatic carbocycles. The lowest BCUT2D eigenvalue weighted by molar-refractivity contribution is -0.0468. The summed E-state index contributed by atoms with van der Waals surface area (Å²) in [6, 6.07) is 4.54. The van der Waals surface area contributed by atoms with Gasteiger partial charge in [0.2, 0.25) is 15.9 Å². The van der Waals surface area contributed by atoms with Crippen LogP contribution in [0.2, 0.25) is 0 Å². The average molecular weight is 501 g/mol. The van der Waals surface area contributed by atoms with Gasteiger partial charge >= 0.3 is 0 Å². The number of nitrogens with zero attached hydrogens (tertiary/aromatic N) is 1. The molecular weight excluding hydrogens is 461 g/mol. The summed E-state index contributed by atoms with van der Waals surface area (Å²) in [5.74, 6) is -1.50. The van der Waals surface area contributed by atoms with Crippen LogP contribution in [0, 0.1) is 23.6 Å². The fraction of sp³-hybridized carbons (Fsp3) is 0.769. The smallest absolute Gasteiger partial charge is 0.248 e. The number of anilines is 1. The van der Waals surface area contributed by atoms with Crippen molar-refractivity contribution in [2.75, 3.05) is 24.4 Å². The van der Waals surface area contributed by atoms with Crippen molar-refractivity contribution in [3.05, 3.63) is 29.6 Å². The Bertz CT molecular complexity index is 926. The van der Waals surface area contributed by atoms with Crippen molar-refractivity contribution in [3.63, 3.8) is 0 Å². The summed E-state index contributed by atoms with van der Waals surface area (Å²) in [6.07, 6.45) is 7.51. The molecule has 1 saturated heterocycles. The first-order valence-electron chi connectivity index (χ1n) is 13.1. The third-order valence-electron chi connectivity index (χ3n) is 7.99. The van der Waals surface area contributed by atoms with Crippen LogP contribution in [0.25, 0.3) is 0 Å². The van der Waals surface area contributed by atoms with Gasteiger partial charge in [-0.15, -0.1) is 0 Å². The van der Waals surface area contributed by atoms with E-state index in [0.717, 1.165) is 45.3 Å². The Kier molecular flexibility index (Phi) is 8.17. The SMILES string of the molecule is CCC[C@H]1CN(CCCC2CCC(F)(F)CC2)C[C@H]1Cc1cc(NS(=O)(=O)C2CC2)ccc1F. The second-order valence-corrected chi connectivity index (χ2v) is 12.8. The van der Waals surface area contributed by atoms with Gasteiger partial charge in [-0.2, -0.15) is 0 Å². The second kappa shape index (κ2) is 10.8. The van der Waals surface area contributed by atoms with Crippen LogP contribution >= 0.6 is 0 Å². The van der Waals surface area contributed by atoms with Gasteiger partial charge in [0.05, 0.1) is 5.25 Å². The van der Waals surface area contributed by atoms with Crippen molar-refractivity contribution >= 4 is 15.7 Å². The minimum absolute atomic E-state index is 0.0312. The van der Waals surface area contributed by atoms with Gasteiger partial charge in [0.25, 0.3) is 0 Å². The van der Waals surface area contributed by atoms with E-state index in [0.29, 0.717) is 61.1 Å². The number of likely N-dealkylation sites (tertiary alicyclic amines) is 1. The van der Waals surface area contributed by atoms with Crippen molar-refractivity contribution in [1.29, 1.82) is 0 Å². The lowest BCUT2D eigenvalue weighted by Gasteiger charge is -2.28. The first kappa shape index (κ1) is 25.8. The van der Waals surface area contributed by atoms with E-state index in [9.17, 15) is 21.6 Å². The van der Waals surface area contributed by atoms with Crippen LogP contribution in [0.1, 0.15) is 76.7 Å². The molecule has 2 saturated carbocycles. The van der Waals surface area contributed by atoms with Crippen molar-refractivity contribution in [3.8, 4) is 0 Å². The predicted molar refractivity (Wildman–Crippen MR) is 130 cm³/mol. The molecule has 8 heteroatoms. The Morgan fingerprint density at radius 3 is 2.44 bits per heavy atom. The van der Waals surface area contributed by atoms with Crippen LogP contribution in [0.5, 0.6) is 0 Å². The lowest BCUT2D eigenvalue weighted by Crippen LogP contribution is -2.26. The van der Waals surface area contributed by atoms with E-state index >= 15 is 0 Å². The minimum atomic E-state index is -3.37. The number of alkyl halides is 2. The van der Waals surface area contributed by atoms with E-state index < -0.39 is 15.9 Å². The van der Waals surface area contributed by atoms with Gasteiger partial charge < -0.3 is 4.90 Å². The Morgan fingerprint density at radius 1 is 1.06 bits per heavy atom. The van der Waals surface area contributed by atoms with Crippen LogP contribution < -0.4 is 4.72 Å². The maximum absolute atomic E-state index is 14.7. The molecule has 34 heavy (non-hydrogen) atoms. The molecule has 3 fully saturated rings. The van der Waals surface area contributed by atoms with Gasteiger partial charge in [-0.25, -0.2) is 21.6 Å². The van der Waals surface area contributed by atoms with Gasteiger partial charge in [-0.3, -0.25) is 4.72 Å². The highest BCUT2D eigenvalue weighted by Crippen LogP contribution is 2.38. The average Bonchev–Trinajstić information content (AvgIpc) is 3.57. The number of benzene rings is 1. The quantitative estimate of drug-likeness (QED) is 0.392. The summed E-state index contributed by atoms with van der Waals surface area (Å²) in [5.41, 5.74) is 1.02. The summed E-state index contributed by atoms with van der Waals surface area (Å²) in [4.78, 5) is 2.46. The molecular formula is C26H39F3N2O2S. The standard InChI is InChI=1S/C26H39F3N2O2S/c1-2-4-20-17-31(14-3-5-19-10-12-26(28,29)13-11-19)18-22(20)15-21-16-23(6-9-25(21)27)30-34(32,33)24-7-8-24/h6,9,16,19-20,22,24,30H,2-5,7-8,10-15,17-18H2,1H3/t20-,22+/m0/s1. The molecule has 1 aliphatic heterocycles. The Balaban J connectivity index is 1.31. The van der Waals surface area contributed by atoms with Gasteiger partial charge in [-0.1, -0.05) is 13.3 Å². The highest BCUT2D eigenvalue weighted by molar-refractivity contribution is 7.93. The van der Waals surface area contributed by atoms with E-state index in [1.54, 1.807) is 6.07 Å². The molecule has 4 nitrogen and oxygen atoms in total. The summed E-state index contributed by atoms with van der Waals surface area (Å²) in [5, 5.41) is -0.316. The second-order valence-electron chi connectivity index (χ2n) is 10.9. The zero-order valence-electron chi connectivity index (χ0n) is 20.2. The van der Waals surface area contributed by atoms with E-state index in [1.807, 2.05) is 0 Å². The summed E-state index contributed by atoms with van der Waals surface area (Å²) in [6.45, 7) is 5.04. The molecule has 4 rings (SSSR count). The van der Waals surface area contributed by atoms with Gasteiger partial charge in [0.15, 0.2) is 0 Å². The molecule has 0 aromatic heterocycles. The first-order chi connectivity index (χ1) is 16.1. The zero-order chi connectivity index (χ0) is 24.3. The fourth-order valence-corrected chi connectivity index (χ4v) is 7.22. The molecule has 1 heterocycles. The topological polar surface area (TPSA) is 49.4 Å². The Labute approximate surface area is 202 Å². The van der Waals surface area contributed by atoms with E-state index in [2.05, 4.69) is 16.5 Å². The van der Waals surface area contributed by atoms with Crippen molar-refractivity contribution in [2.24, 2.45) is 17.8 Å². The molecule has 0 radical (unpaired) electrons. The van der Waals surface area contributed by atoms with Crippen LogP contribution in [-0.4, -0.2) is 44.1 Å². The lowest BCUT2D eigenvalue weighted by atomic mass is 9.84. The summed E-state index contributed by atoms with van der Waals surface area (Å²) >= 11 is 0. The fourth-order valence-electron chi connectivity index (χ4n) is 5.84. The Morgan fingerprint density at radius 2 is 1.76 bits per heavy atom. The number of rotatable bonds is 11. The number of hydrogen-bond donors (Lipinski definition) is 1. The van der Waals surface area contributed by atoms with Crippen molar-refractivity contribution in [1.82, 2.24) is 4.90 Å². The van der Waals surface area contributed by atoms with Crippen LogP contribution in [0.15, 0.2) is 18.2 Å².